The SMILES string of the molecule is C=Cc1ccc(CCN2CCN(S)C(CCCCN=C(N)N)C2=O)cc1C=C. The van der Waals surface area contributed by atoms with Crippen molar-refractivity contribution in [2.45, 2.75) is 31.7 Å². The van der Waals surface area contributed by atoms with Crippen molar-refractivity contribution < 1.29 is 4.79 Å². The van der Waals surface area contributed by atoms with Crippen LogP contribution in [0.1, 0.15) is 36.0 Å². The first-order chi connectivity index (χ1) is 13.5. The Balaban J connectivity index is 1.90. The molecule has 0 saturated carbocycles. The summed E-state index contributed by atoms with van der Waals surface area (Å²) in [7, 11) is 0. The Morgan fingerprint density at radius 3 is 2.64 bits per heavy atom. The number of carbonyl (C=O) groups is 1. The Kier molecular flexibility index (Phi) is 8.60. The lowest BCUT2D eigenvalue weighted by atomic mass is 10.0. The summed E-state index contributed by atoms with van der Waals surface area (Å²) < 4.78 is 1.86. The molecule has 6 nitrogen and oxygen atoms in total. The van der Waals surface area contributed by atoms with Crippen LogP contribution < -0.4 is 11.5 Å². The molecule has 0 spiro atoms. The number of hydrogen-bond donors (Lipinski definition) is 3. The molecule has 2 rings (SSSR count). The number of hydrogen-bond acceptors (Lipinski definition) is 4. The first kappa shape index (κ1) is 22.0. The normalized spacial score (nSPS) is 17.4. The minimum Gasteiger partial charge on any atom is -0.370 e. The molecule has 1 aliphatic rings. The highest BCUT2D eigenvalue weighted by Crippen LogP contribution is 2.20. The summed E-state index contributed by atoms with van der Waals surface area (Å²) in [6.45, 7) is 10.4. The van der Waals surface area contributed by atoms with Gasteiger partial charge in [0.2, 0.25) is 5.91 Å². The number of carbonyl (C=O) groups excluding carboxylic acids is 1. The molecule has 1 atom stereocenters. The highest BCUT2D eigenvalue weighted by atomic mass is 32.1. The third-order valence-corrected chi connectivity index (χ3v) is 5.48. The quantitative estimate of drug-likeness (QED) is 0.243. The molecule has 1 aromatic carbocycles. The molecule has 4 N–H and O–H groups in total. The average molecular weight is 402 g/mol. The van der Waals surface area contributed by atoms with E-state index in [0.29, 0.717) is 19.6 Å². The number of rotatable bonds is 10. The maximum absolute atomic E-state index is 12.9. The van der Waals surface area contributed by atoms with Gasteiger partial charge in [-0.15, -0.1) is 0 Å². The van der Waals surface area contributed by atoms with E-state index in [1.165, 1.54) is 5.56 Å². The molecule has 0 aliphatic carbocycles. The van der Waals surface area contributed by atoms with Gasteiger partial charge in [-0.1, -0.05) is 56.3 Å². The molecule has 0 bridgehead atoms. The van der Waals surface area contributed by atoms with E-state index >= 15 is 0 Å². The molecule has 1 amide bonds. The second kappa shape index (κ2) is 10.9. The van der Waals surface area contributed by atoms with E-state index in [-0.39, 0.29) is 17.9 Å². The molecular weight excluding hydrogens is 370 g/mol. The second-order valence-electron chi connectivity index (χ2n) is 6.93. The van der Waals surface area contributed by atoms with E-state index in [4.69, 9.17) is 11.5 Å². The van der Waals surface area contributed by atoms with Crippen molar-refractivity contribution in [3.05, 3.63) is 48.0 Å². The summed E-state index contributed by atoms with van der Waals surface area (Å²) in [4.78, 5) is 18.8. The Hall–Kier alpha value is -2.25. The van der Waals surface area contributed by atoms with Gasteiger partial charge in [0.1, 0.15) is 0 Å². The van der Waals surface area contributed by atoms with Crippen molar-refractivity contribution in [3.63, 3.8) is 0 Å². The number of piperazine rings is 1. The predicted octanol–water partition coefficient (Wildman–Crippen LogP) is 2.32. The Labute approximate surface area is 173 Å². The van der Waals surface area contributed by atoms with Crippen molar-refractivity contribution in [1.29, 1.82) is 0 Å². The number of nitrogens with zero attached hydrogens (tertiary/aromatic N) is 3. The van der Waals surface area contributed by atoms with E-state index in [1.807, 2.05) is 27.4 Å². The van der Waals surface area contributed by atoms with Crippen LogP contribution in [0.4, 0.5) is 0 Å². The zero-order valence-corrected chi connectivity index (χ0v) is 17.3. The summed E-state index contributed by atoms with van der Waals surface area (Å²) in [5, 5.41) is 0. The Bertz CT molecular complexity index is 730. The van der Waals surface area contributed by atoms with Gasteiger partial charge < -0.3 is 16.4 Å². The smallest absolute Gasteiger partial charge is 0.240 e. The summed E-state index contributed by atoms with van der Waals surface area (Å²) in [6.07, 6.45) is 6.96. The Morgan fingerprint density at radius 2 is 1.96 bits per heavy atom. The molecule has 1 aliphatic heterocycles. The fraction of sp³-hybridized carbons (Fsp3) is 0.429. The maximum Gasteiger partial charge on any atom is 0.240 e. The zero-order chi connectivity index (χ0) is 20.5. The molecule has 7 heteroatoms. The number of thiol groups is 1. The molecule has 1 unspecified atom stereocenters. The van der Waals surface area contributed by atoms with E-state index in [0.717, 1.165) is 43.4 Å². The summed E-state index contributed by atoms with van der Waals surface area (Å²) in [5.41, 5.74) is 14.0. The van der Waals surface area contributed by atoms with Crippen molar-refractivity contribution >= 4 is 36.8 Å². The van der Waals surface area contributed by atoms with Crippen LogP contribution in [0, 0.1) is 0 Å². The standard InChI is InChI=1S/C21H31N5OS/c1-3-17-9-8-16(15-18(17)4-2)10-12-25-13-14-26(28)19(20(25)27)7-5-6-11-24-21(22)23/h3-4,8-9,15,19,28H,1-2,5-7,10-14H2,(H4,22,23,24). The van der Waals surface area contributed by atoms with Crippen molar-refractivity contribution in [2.24, 2.45) is 16.5 Å². The number of amides is 1. The molecular formula is C21H31N5OS. The highest BCUT2D eigenvalue weighted by molar-refractivity contribution is 7.77. The van der Waals surface area contributed by atoms with E-state index in [1.54, 1.807) is 0 Å². The van der Waals surface area contributed by atoms with Gasteiger partial charge in [-0.2, -0.15) is 0 Å². The van der Waals surface area contributed by atoms with Crippen LogP contribution in [0.2, 0.25) is 0 Å². The van der Waals surface area contributed by atoms with Crippen LogP contribution in [-0.4, -0.2) is 53.3 Å². The van der Waals surface area contributed by atoms with Crippen molar-refractivity contribution in [3.8, 4) is 0 Å². The van der Waals surface area contributed by atoms with Gasteiger partial charge in [-0.3, -0.25) is 9.79 Å². The number of benzene rings is 1. The number of unbranched alkanes of at least 4 members (excludes halogenated alkanes) is 1. The average Bonchev–Trinajstić information content (AvgIpc) is 2.68. The van der Waals surface area contributed by atoms with Crippen LogP contribution in [0.3, 0.4) is 0 Å². The molecule has 0 aromatic heterocycles. The molecule has 0 radical (unpaired) electrons. The zero-order valence-electron chi connectivity index (χ0n) is 16.4. The van der Waals surface area contributed by atoms with Crippen LogP contribution in [0.5, 0.6) is 0 Å². The first-order valence-corrected chi connectivity index (χ1v) is 10.0. The fourth-order valence-corrected chi connectivity index (χ4v) is 3.69. The topological polar surface area (TPSA) is 87.9 Å². The number of nitrogens with two attached hydrogens (primary N) is 2. The summed E-state index contributed by atoms with van der Waals surface area (Å²) in [5.74, 6) is 0.256. The van der Waals surface area contributed by atoms with Gasteiger partial charge in [-0.25, -0.2) is 4.31 Å². The highest BCUT2D eigenvalue weighted by Gasteiger charge is 2.32. The van der Waals surface area contributed by atoms with E-state index < -0.39 is 0 Å². The first-order valence-electron chi connectivity index (χ1n) is 9.63. The predicted molar refractivity (Wildman–Crippen MR) is 121 cm³/mol. The molecule has 1 heterocycles. The molecule has 1 fully saturated rings. The van der Waals surface area contributed by atoms with Crippen molar-refractivity contribution in [2.75, 3.05) is 26.2 Å². The monoisotopic (exact) mass is 401 g/mol. The van der Waals surface area contributed by atoms with Gasteiger partial charge >= 0.3 is 0 Å². The third kappa shape index (κ3) is 6.14. The minimum atomic E-state index is -0.192. The largest absolute Gasteiger partial charge is 0.370 e. The van der Waals surface area contributed by atoms with Gasteiger partial charge in [-0.05, 0) is 42.4 Å². The molecule has 1 saturated heterocycles. The van der Waals surface area contributed by atoms with Gasteiger partial charge in [0, 0.05) is 26.2 Å². The van der Waals surface area contributed by atoms with E-state index in [2.05, 4.69) is 43.1 Å². The van der Waals surface area contributed by atoms with Gasteiger partial charge in [0.25, 0.3) is 0 Å². The number of guanidine groups is 1. The second-order valence-corrected chi connectivity index (χ2v) is 7.44. The minimum absolute atomic E-state index is 0.108. The van der Waals surface area contributed by atoms with E-state index in [9.17, 15) is 4.79 Å². The lowest BCUT2D eigenvalue weighted by molar-refractivity contribution is -0.138. The molecule has 28 heavy (non-hydrogen) atoms. The summed E-state index contributed by atoms with van der Waals surface area (Å²) >= 11 is 4.50. The maximum atomic E-state index is 12.9. The van der Waals surface area contributed by atoms with Crippen molar-refractivity contribution in [1.82, 2.24) is 9.21 Å². The van der Waals surface area contributed by atoms with Crippen LogP contribution in [-0.2, 0) is 11.2 Å². The van der Waals surface area contributed by atoms with Crippen LogP contribution >= 0.6 is 12.8 Å². The van der Waals surface area contributed by atoms with Gasteiger partial charge in [0.15, 0.2) is 5.96 Å². The van der Waals surface area contributed by atoms with Crippen LogP contribution in [0.15, 0.2) is 36.3 Å². The lowest BCUT2D eigenvalue weighted by Crippen LogP contribution is -2.54. The Morgan fingerprint density at radius 1 is 1.21 bits per heavy atom. The molecule has 152 valence electrons. The number of aliphatic imine (C=N–C) groups is 1. The van der Waals surface area contributed by atoms with Gasteiger partial charge in [0.05, 0.1) is 6.04 Å². The fourth-order valence-electron chi connectivity index (χ4n) is 3.39. The summed E-state index contributed by atoms with van der Waals surface area (Å²) in [6, 6.07) is 6.06. The third-order valence-electron chi connectivity index (χ3n) is 5.00. The molecule has 1 aromatic rings. The lowest BCUT2D eigenvalue weighted by Gasteiger charge is -2.38. The van der Waals surface area contributed by atoms with Crippen LogP contribution in [0.25, 0.3) is 12.2 Å².